The monoisotopic (exact) mass is 334 g/mol. The highest BCUT2D eigenvalue weighted by Gasteiger charge is 2.23. The van der Waals surface area contributed by atoms with Gasteiger partial charge in [0.1, 0.15) is 0 Å². The first-order chi connectivity index (χ1) is 11.6. The van der Waals surface area contributed by atoms with E-state index in [1.807, 2.05) is 18.2 Å². The van der Waals surface area contributed by atoms with E-state index in [2.05, 4.69) is 35.3 Å². The summed E-state index contributed by atoms with van der Waals surface area (Å²) in [5.41, 5.74) is 7.03. The summed E-state index contributed by atoms with van der Waals surface area (Å²) >= 11 is 0. The number of carbonyl (C=O) groups excluding carboxylic acids is 1. The molecule has 1 atom stereocenters. The van der Waals surface area contributed by atoms with Crippen LogP contribution in [0.3, 0.4) is 0 Å². The summed E-state index contributed by atoms with van der Waals surface area (Å²) in [5.74, 6) is 1.77. The average molecular weight is 334 g/mol. The van der Waals surface area contributed by atoms with E-state index in [9.17, 15) is 4.79 Å². The maximum atomic E-state index is 12.3. The number of amides is 2. The quantitative estimate of drug-likeness (QED) is 0.667. The van der Waals surface area contributed by atoms with Crippen molar-refractivity contribution in [2.75, 3.05) is 26.3 Å². The maximum Gasteiger partial charge on any atom is 0.315 e. The third-order valence-electron chi connectivity index (χ3n) is 4.24. The minimum atomic E-state index is -0.156. The summed E-state index contributed by atoms with van der Waals surface area (Å²) in [5, 5.41) is 6.06. The second kappa shape index (κ2) is 7.72. The van der Waals surface area contributed by atoms with Gasteiger partial charge in [-0.2, -0.15) is 0 Å². The summed E-state index contributed by atoms with van der Waals surface area (Å²) in [6, 6.07) is 5.75. The second-order valence-corrected chi connectivity index (χ2v) is 6.55. The van der Waals surface area contributed by atoms with E-state index in [4.69, 9.17) is 9.47 Å². The molecular weight excluding hydrogens is 308 g/mol. The fourth-order valence-corrected chi connectivity index (χ4v) is 2.94. The van der Waals surface area contributed by atoms with E-state index >= 15 is 0 Å². The van der Waals surface area contributed by atoms with Gasteiger partial charge in [-0.15, -0.1) is 0 Å². The van der Waals surface area contributed by atoms with Crippen LogP contribution >= 0.6 is 0 Å². The molecule has 7 nitrogen and oxygen atoms in total. The maximum absolute atomic E-state index is 12.3. The summed E-state index contributed by atoms with van der Waals surface area (Å²) < 4.78 is 11.4. The summed E-state index contributed by atoms with van der Waals surface area (Å²) in [6.07, 6.45) is 0.877. The Morgan fingerprint density at radius 2 is 1.88 bits per heavy atom. The van der Waals surface area contributed by atoms with Gasteiger partial charge >= 0.3 is 6.03 Å². The third-order valence-corrected chi connectivity index (χ3v) is 4.24. The SMILES string of the molecule is CC(C)C(NC(=O)NC1CNNC1)c1ccc2c(c1)OCCCO2. The molecule has 2 heterocycles. The van der Waals surface area contributed by atoms with Crippen molar-refractivity contribution in [3.8, 4) is 11.5 Å². The first-order valence-electron chi connectivity index (χ1n) is 8.56. The lowest BCUT2D eigenvalue weighted by atomic mass is 9.96. The Morgan fingerprint density at radius 3 is 2.58 bits per heavy atom. The Labute approximate surface area is 142 Å². The number of hydrazine groups is 1. The number of hydrogen-bond donors (Lipinski definition) is 4. The van der Waals surface area contributed by atoms with Crippen LogP contribution in [-0.4, -0.2) is 38.4 Å². The lowest BCUT2D eigenvalue weighted by molar-refractivity contribution is 0.230. The van der Waals surface area contributed by atoms with Gasteiger partial charge in [0.2, 0.25) is 0 Å². The molecule has 1 aromatic rings. The van der Waals surface area contributed by atoms with Gasteiger partial charge in [-0.1, -0.05) is 19.9 Å². The van der Waals surface area contributed by atoms with Crippen LogP contribution < -0.4 is 31.0 Å². The predicted molar refractivity (Wildman–Crippen MR) is 91.1 cm³/mol. The van der Waals surface area contributed by atoms with Crippen LogP contribution in [0.15, 0.2) is 18.2 Å². The molecule has 24 heavy (non-hydrogen) atoms. The fourth-order valence-electron chi connectivity index (χ4n) is 2.94. The number of ether oxygens (including phenoxy) is 2. The number of hydrogen-bond acceptors (Lipinski definition) is 5. The topological polar surface area (TPSA) is 83.7 Å². The normalized spacial score (nSPS) is 19.0. The highest BCUT2D eigenvalue weighted by molar-refractivity contribution is 5.75. The Balaban J connectivity index is 1.70. The summed E-state index contributed by atoms with van der Waals surface area (Å²) in [7, 11) is 0. The van der Waals surface area contributed by atoms with E-state index in [1.165, 1.54) is 0 Å². The van der Waals surface area contributed by atoms with E-state index in [-0.39, 0.29) is 24.0 Å². The molecule has 1 saturated heterocycles. The van der Waals surface area contributed by atoms with Crippen molar-refractivity contribution in [3.63, 3.8) is 0 Å². The first kappa shape index (κ1) is 16.9. The minimum absolute atomic E-state index is 0.0931. The molecule has 132 valence electrons. The highest BCUT2D eigenvalue weighted by atomic mass is 16.5. The molecule has 0 aliphatic carbocycles. The van der Waals surface area contributed by atoms with Crippen molar-refractivity contribution in [2.45, 2.75) is 32.4 Å². The lowest BCUT2D eigenvalue weighted by Crippen LogP contribution is -2.46. The van der Waals surface area contributed by atoms with Crippen molar-refractivity contribution in [2.24, 2.45) is 5.92 Å². The van der Waals surface area contributed by atoms with Crippen LogP contribution in [0.5, 0.6) is 11.5 Å². The smallest absolute Gasteiger partial charge is 0.315 e. The lowest BCUT2D eigenvalue weighted by Gasteiger charge is -2.25. The number of nitrogens with one attached hydrogen (secondary N) is 4. The number of urea groups is 1. The highest BCUT2D eigenvalue weighted by Crippen LogP contribution is 2.34. The molecule has 2 amide bonds. The summed E-state index contributed by atoms with van der Waals surface area (Å²) in [4.78, 5) is 12.3. The predicted octanol–water partition coefficient (Wildman–Crippen LogP) is 1.32. The molecule has 7 heteroatoms. The molecule has 0 saturated carbocycles. The molecule has 0 aromatic heterocycles. The average Bonchev–Trinajstić information content (AvgIpc) is 2.94. The Morgan fingerprint density at radius 1 is 1.17 bits per heavy atom. The number of rotatable bonds is 4. The van der Waals surface area contributed by atoms with Gasteiger partial charge in [-0.25, -0.2) is 4.79 Å². The molecular formula is C17H26N4O3. The van der Waals surface area contributed by atoms with Crippen molar-refractivity contribution in [1.82, 2.24) is 21.5 Å². The minimum Gasteiger partial charge on any atom is -0.490 e. The van der Waals surface area contributed by atoms with Crippen LogP contribution in [0, 0.1) is 5.92 Å². The Bertz CT molecular complexity index is 573. The number of fused-ring (bicyclic) bond motifs is 1. The van der Waals surface area contributed by atoms with Crippen LogP contribution in [-0.2, 0) is 0 Å². The van der Waals surface area contributed by atoms with Gasteiger partial charge in [-0.05, 0) is 23.6 Å². The van der Waals surface area contributed by atoms with Gasteiger partial charge in [0.05, 0.1) is 25.3 Å². The molecule has 2 aliphatic heterocycles. The molecule has 1 unspecified atom stereocenters. The second-order valence-electron chi connectivity index (χ2n) is 6.55. The van der Waals surface area contributed by atoms with Gasteiger partial charge < -0.3 is 20.1 Å². The molecule has 1 aromatic carbocycles. The number of carbonyl (C=O) groups is 1. The Hall–Kier alpha value is -1.99. The van der Waals surface area contributed by atoms with Crippen molar-refractivity contribution >= 4 is 6.03 Å². The zero-order chi connectivity index (χ0) is 16.9. The molecule has 0 radical (unpaired) electrons. The van der Waals surface area contributed by atoms with E-state index in [0.717, 1.165) is 36.6 Å². The van der Waals surface area contributed by atoms with E-state index in [0.29, 0.717) is 13.2 Å². The van der Waals surface area contributed by atoms with Gasteiger partial charge in [0.25, 0.3) is 0 Å². The zero-order valence-corrected chi connectivity index (χ0v) is 14.2. The molecule has 0 spiro atoms. The van der Waals surface area contributed by atoms with E-state index < -0.39 is 0 Å². The summed E-state index contributed by atoms with van der Waals surface area (Å²) in [6.45, 7) is 6.95. The third kappa shape index (κ3) is 4.10. The largest absolute Gasteiger partial charge is 0.490 e. The standard InChI is InChI=1S/C17H26N4O3/c1-11(2)16(21-17(22)20-13-9-18-19-10-13)12-4-5-14-15(8-12)24-7-3-6-23-14/h4-5,8,11,13,16,18-19H,3,6-7,9-10H2,1-2H3,(H2,20,21,22). The van der Waals surface area contributed by atoms with Crippen LogP contribution in [0.4, 0.5) is 4.79 Å². The van der Waals surface area contributed by atoms with Gasteiger partial charge in [0, 0.05) is 19.5 Å². The van der Waals surface area contributed by atoms with Crippen LogP contribution in [0.1, 0.15) is 31.9 Å². The fraction of sp³-hybridized carbons (Fsp3) is 0.588. The van der Waals surface area contributed by atoms with Gasteiger partial charge in [0.15, 0.2) is 11.5 Å². The zero-order valence-electron chi connectivity index (χ0n) is 14.2. The molecule has 1 fully saturated rings. The van der Waals surface area contributed by atoms with Crippen molar-refractivity contribution in [3.05, 3.63) is 23.8 Å². The van der Waals surface area contributed by atoms with Crippen LogP contribution in [0.2, 0.25) is 0 Å². The van der Waals surface area contributed by atoms with Crippen molar-refractivity contribution < 1.29 is 14.3 Å². The first-order valence-corrected chi connectivity index (χ1v) is 8.56. The Kier molecular flexibility index (Phi) is 5.42. The van der Waals surface area contributed by atoms with Crippen LogP contribution in [0.25, 0.3) is 0 Å². The van der Waals surface area contributed by atoms with Gasteiger partial charge in [-0.3, -0.25) is 10.9 Å². The molecule has 3 rings (SSSR count). The molecule has 4 N–H and O–H groups in total. The van der Waals surface area contributed by atoms with E-state index in [1.54, 1.807) is 0 Å². The van der Waals surface area contributed by atoms with Crippen molar-refractivity contribution in [1.29, 1.82) is 0 Å². The number of benzene rings is 1. The molecule has 2 aliphatic rings. The molecule has 0 bridgehead atoms.